The number of hydrogen-bond acceptors (Lipinski definition) is 2. The Balaban J connectivity index is 1.99. The van der Waals surface area contributed by atoms with E-state index in [0.29, 0.717) is 16.1 Å². The van der Waals surface area contributed by atoms with Gasteiger partial charge in [0, 0.05) is 16.7 Å². The highest BCUT2D eigenvalue weighted by molar-refractivity contribution is 7.99. The van der Waals surface area contributed by atoms with Crippen molar-refractivity contribution in [2.75, 3.05) is 12.8 Å². The average Bonchev–Trinajstić information content (AvgIpc) is 2.48. The first-order chi connectivity index (χ1) is 10.1. The molecule has 2 aromatic carbocycles. The molecule has 0 spiro atoms. The fourth-order valence-corrected chi connectivity index (χ4v) is 3.64. The van der Waals surface area contributed by atoms with Gasteiger partial charge in [-0.2, -0.15) is 0 Å². The van der Waals surface area contributed by atoms with Crippen LogP contribution in [-0.4, -0.2) is 18.8 Å². The third-order valence-corrected chi connectivity index (χ3v) is 5.36. The molecule has 21 heavy (non-hydrogen) atoms. The van der Waals surface area contributed by atoms with Crippen LogP contribution >= 0.6 is 35.0 Å². The smallest absolute Gasteiger partial charge is 0.0624 e. The number of rotatable bonds is 6. The summed E-state index contributed by atoms with van der Waals surface area (Å²) in [6.07, 6.45) is 0.870. The number of thioether (sulfide) groups is 1. The van der Waals surface area contributed by atoms with Gasteiger partial charge in [-0.25, -0.2) is 0 Å². The minimum absolute atomic E-state index is 0.353. The van der Waals surface area contributed by atoms with E-state index in [0.717, 1.165) is 17.7 Å². The molecule has 0 saturated heterocycles. The molecular weight excluding hydrogens is 321 g/mol. The van der Waals surface area contributed by atoms with Gasteiger partial charge >= 0.3 is 0 Å². The second kappa shape index (κ2) is 8.09. The van der Waals surface area contributed by atoms with Crippen molar-refractivity contribution in [3.8, 4) is 0 Å². The molecule has 112 valence electrons. The molecule has 0 aliphatic carbocycles. The number of nitrogens with one attached hydrogen (secondary N) is 1. The zero-order chi connectivity index (χ0) is 15.2. The fourth-order valence-electron chi connectivity index (χ4n) is 2.12. The molecule has 1 nitrogen and oxygen atoms in total. The maximum Gasteiger partial charge on any atom is 0.0624 e. The first kappa shape index (κ1) is 16.7. The minimum Gasteiger partial charge on any atom is -0.316 e. The lowest BCUT2D eigenvalue weighted by Crippen LogP contribution is -2.30. The van der Waals surface area contributed by atoms with Crippen molar-refractivity contribution >= 4 is 35.0 Å². The van der Waals surface area contributed by atoms with E-state index in [1.54, 1.807) is 0 Å². The van der Waals surface area contributed by atoms with Crippen LogP contribution in [0.3, 0.4) is 0 Å². The van der Waals surface area contributed by atoms with E-state index in [2.05, 4.69) is 36.5 Å². The molecule has 0 amide bonds. The first-order valence-corrected chi connectivity index (χ1v) is 8.64. The number of likely N-dealkylation sites (N-methyl/N-ethyl adjacent to an activating group) is 1. The molecule has 2 aromatic rings. The largest absolute Gasteiger partial charge is 0.316 e. The summed E-state index contributed by atoms with van der Waals surface area (Å²) in [7, 11) is 1.99. The van der Waals surface area contributed by atoms with E-state index in [-0.39, 0.29) is 0 Å². The van der Waals surface area contributed by atoms with Crippen LogP contribution < -0.4 is 5.32 Å². The third-order valence-electron chi connectivity index (χ3n) is 3.35. The number of aryl methyl sites for hydroxylation is 1. The topological polar surface area (TPSA) is 12.0 Å². The van der Waals surface area contributed by atoms with Gasteiger partial charge in [0.15, 0.2) is 0 Å². The Morgan fingerprint density at radius 1 is 1.14 bits per heavy atom. The van der Waals surface area contributed by atoms with Gasteiger partial charge in [-0.15, -0.1) is 11.8 Å². The summed E-state index contributed by atoms with van der Waals surface area (Å²) in [6.45, 7) is 2.12. The van der Waals surface area contributed by atoms with Crippen molar-refractivity contribution in [1.82, 2.24) is 5.32 Å². The Hall–Kier alpha value is -0.670. The Labute approximate surface area is 141 Å². The summed E-state index contributed by atoms with van der Waals surface area (Å²) in [6, 6.07) is 14.7. The Morgan fingerprint density at radius 2 is 1.90 bits per heavy atom. The van der Waals surface area contributed by atoms with Gasteiger partial charge in [0.25, 0.3) is 0 Å². The minimum atomic E-state index is 0.353. The summed E-state index contributed by atoms with van der Waals surface area (Å²) in [5.74, 6) is 0.989. The molecule has 0 aromatic heterocycles. The lowest BCUT2D eigenvalue weighted by Gasteiger charge is -2.17. The van der Waals surface area contributed by atoms with Gasteiger partial charge in [0.2, 0.25) is 0 Å². The second-order valence-corrected chi connectivity index (χ2v) is 6.91. The standard InChI is InChI=1S/C17H19Cl2NS/c1-12-5-3-7-15(9-12)21-11-14(20-2)10-13-6-4-8-16(18)17(13)19/h3-9,14,20H,10-11H2,1-2H3. The number of benzene rings is 2. The quantitative estimate of drug-likeness (QED) is 0.723. The highest BCUT2D eigenvalue weighted by Crippen LogP contribution is 2.27. The third kappa shape index (κ3) is 4.93. The van der Waals surface area contributed by atoms with Crippen molar-refractivity contribution in [2.45, 2.75) is 24.3 Å². The molecule has 1 unspecified atom stereocenters. The van der Waals surface area contributed by atoms with Gasteiger partial charge in [0.05, 0.1) is 10.0 Å². The first-order valence-electron chi connectivity index (χ1n) is 6.89. The molecule has 0 bridgehead atoms. The van der Waals surface area contributed by atoms with Crippen LogP contribution in [0, 0.1) is 6.92 Å². The summed E-state index contributed by atoms with van der Waals surface area (Å²) in [5, 5.41) is 4.65. The lowest BCUT2D eigenvalue weighted by molar-refractivity contribution is 0.617. The second-order valence-electron chi connectivity index (χ2n) is 5.03. The summed E-state index contributed by atoms with van der Waals surface area (Å²) in [5.41, 5.74) is 2.38. The van der Waals surface area contributed by atoms with E-state index >= 15 is 0 Å². The van der Waals surface area contributed by atoms with Crippen LogP contribution in [0.1, 0.15) is 11.1 Å². The number of halogens is 2. The van der Waals surface area contributed by atoms with Crippen LogP contribution in [0.15, 0.2) is 47.4 Å². The molecule has 1 N–H and O–H groups in total. The van der Waals surface area contributed by atoms with Crippen LogP contribution in [0.25, 0.3) is 0 Å². The van der Waals surface area contributed by atoms with Gasteiger partial charge in [0.1, 0.15) is 0 Å². The molecular formula is C17H19Cl2NS. The fraction of sp³-hybridized carbons (Fsp3) is 0.294. The van der Waals surface area contributed by atoms with Crippen molar-refractivity contribution in [1.29, 1.82) is 0 Å². The molecule has 0 fully saturated rings. The molecule has 4 heteroatoms. The Bertz CT molecular complexity index is 601. The highest BCUT2D eigenvalue weighted by Gasteiger charge is 2.12. The van der Waals surface area contributed by atoms with Gasteiger partial charge < -0.3 is 5.32 Å². The molecule has 0 radical (unpaired) electrons. The van der Waals surface area contributed by atoms with Gasteiger partial charge in [-0.1, -0.05) is 53.0 Å². The highest BCUT2D eigenvalue weighted by atomic mass is 35.5. The van der Waals surface area contributed by atoms with Crippen molar-refractivity contribution < 1.29 is 0 Å². The van der Waals surface area contributed by atoms with Crippen LogP contribution in [0.5, 0.6) is 0 Å². The van der Waals surface area contributed by atoms with Crippen molar-refractivity contribution in [3.63, 3.8) is 0 Å². The zero-order valence-electron chi connectivity index (χ0n) is 12.2. The predicted octanol–water partition coefficient (Wildman–Crippen LogP) is 5.22. The maximum atomic E-state index is 6.27. The molecule has 2 rings (SSSR count). The Kier molecular flexibility index (Phi) is 6.43. The van der Waals surface area contributed by atoms with Gasteiger partial charge in [-0.05, 0) is 44.2 Å². The van der Waals surface area contributed by atoms with E-state index in [1.165, 1.54) is 10.5 Å². The van der Waals surface area contributed by atoms with Crippen molar-refractivity contribution in [2.24, 2.45) is 0 Å². The lowest BCUT2D eigenvalue weighted by atomic mass is 10.1. The molecule has 0 aliphatic heterocycles. The van der Waals surface area contributed by atoms with Crippen LogP contribution in [0.2, 0.25) is 10.0 Å². The van der Waals surface area contributed by atoms with Gasteiger partial charge in [-0.3, -0.25) is 0 Å². The Morgan fingerprint density at radius 3 is 2.62 bits per heavy atom. The maximum absolute atomic E-state index is 6.27. The monoisotopic (exact) mass is 339 g/mol. The SMILES string of the molecule is CNC(CSc1cccc(C)c1)Cc1cccc(Cl)c1Cl. The molecule has 0 aliphatic rings. The normalized spacial score (nSPS) is 12.4. The van der Waals surface area contributed by atoms with Crippen LogP contribution in [0.4, 0.5) is 0 Å². The van der Waals surface area contributed by atoms with E-state index in [9.17, 15) is 0 Å². The summed E-state index contributed by atoms with van der Waals surface area (Å²) >= 11 is 14.2. The van der Waals surface area contributed by atoms with Crippen molar-refractivity contribution in [3.05, 3.63) is 63.6 Å². The molecule has 1 atom stereocenters. The van der Waals surface area contributed by atoms with E-state index < -0.39 is 0 Å². The van der Waals surface area contributed by atoms with Crippen LogP contribution in [-0.2, 0) is 6.42 Å². The average molecular weight is 340 g/mol. The number of hydrogen-bond donors (Lipinski definition) is 1. The molecule has 0 heterocycles. The zero-order valence-corrected chi connectivity index (χ0v) is 14.5. The molecule has 0 saturated carbocycles. The summed E-state index contributed by atoms with van der Waals surface area (Å²) < 4.78 is 0. The van der Waals surface area contributed by atoms with E-state index in [1.807, 2.05) is 37.0 Å². The summed E-state index contributed by atoms with van der Waals surface area (Å²) in [4.78, 5) is 1.30. The predicted molar refractivity (Wildman–Crippen MR) is 94.9 cm³/mol. The van der Waals surface area contributed by atoms with E-state index in [4.69, 9.17) is 23.2 Å².